The standard InChI is InChI=1S/C12H16O3.C10H9N/c1-2-3-8-11(13)9-6-4-5-7-10(9)12(14)15;11-10-7-3-5-8-4-1-2-6-9(8)10/h4-7,11,13H,2-3,8H2,1H3,(H,14,15);1-7H,11H2. The average molecular weight is 351 g/mol. The summed E-state index contributed by atoms with van der Waals surface area (Å²) in [6, 6.07) is 20.7. The van der Waals surface area contributed by atoms with Crippen molar-refractivity contribution in [3.63, 3.8) is 0 Å². The summed E-state index contributed by atoms with van der Waals surface area (Å²) in [5.41, 5.74) is 7.31. The highest BCUT2D eigenvalue weighted by Crippen LogP contribution is 2.22. The number of aromatic carboxylic acids is 1. The highest BCUT2D eigenvalue weighted by molar-refractivity contribution is 5.92. The second-order valence-corrected chi connectivity index (χ2v) is 6.12. The summed E-state index contributed by atoms with van der Waals surface area (Å²) in [7, 11) is 0. The van der Waals surface area contributed by atoms with E-state index in [4.69, 9.17) is 10.8 Å². The van der Waals surface area contributed by atoms with E-state index in [0.29, 0.717) is 12.0 Å². The molecule has 1 atom stereocenters. The molecule has 4 N–H and O–H groups in total. The zero-order valence-electron chi connectivity index (χ0n) is 14.9. The number of carbonyl (C=O) groups is 1. The summed E-state index contributed by atoms with van der Waals surface area (Å²) in [5, 5.41) is 21.1. The fraction of sp³-hybridized carbons (Fsp3) is 0.227. The number of hydrogen-bond acceptors (Lipinski definition) is 3. The van der Waals surface area contributed by atoms with E-state index in [1.165, 1.54) is 11.5 Å². The number of aliphatic hydroxyl groups excluding tert-OH is 1. The molecule has 0 aromatic heterocycles. The Morgan fingerprint density at radius 2 is 1.65 bits per heavy atom. The van der Waals surface area contributed by atoms with Crippen molar-refractivity contribution in [1.82, 2.24) is 0 Å². The van der Waals surface area contributed by atoms with E-state index in [1.54, 1.807) is 18.2 Å². The minimum atomic E-state index is -0.985. The minimum Gasteiger partial charge on any atom is -0.478 e. The molecular weight excluding hydrogens is 326 g/mol. The summed E-state index contributed by atoms with van der Waals surface area (Å²) in [6.07, 6.45) is 1.83. The molecule has 3 aromatic rings. The van der Waals surface area contributed by atoms with Crippen LogP contribution in [0.25, 0.3) is 10.8 Å². The molecule has 0 spiro atoms. The topological polar surface area (TPSA) is 83.5 Å². The van der Waals surface area contributed by atoms with E-state index >= 15 is 0 Å². The lowest BCUT2D eigenvalue weighted by Crippen LogP contribution is -2.06. The maximum atomic E-state index is 10.9. The fourth-order valence-electron chi connectivity index (χ4n) is 2.79. The first kappa shape index (κ1) is 19.5. The highest BCUT2D eigenvalue weighted by Gasteiger charge is 2.15. The molecule has 4 heteroatoms. The third-order valence-corrected chi connectivity index (χ3v) is 4.20. The normalized spacial score (nSPS) is 11.5. The molecule has 0 saturated carbocycles. The third kappa shape index (κ3) is 5.07. The Labute approximate surface area is 153 Å². The number of rotatable bonds is 5. The van der Waals surface area contributed by atoms with Gasteiger partial charge in [0.05, 0.1) is 11.7 Å². The van der Waals surface area contributed by atoms with Gasteiger partial charge >= 0.3 is 5.97 Å². The Bertz CT molecular complexity index is 855. The van der Waals surface area contributed by atoms with Gasteiger partial charge in [-0.3, -0.25) is 0 Å². The van der Waals surface area contributed by atoms with Crippen molar-refractivity contribution in [1.29, 1.82) is 0 Å². The molecule has 0 bridgehead atoms. The summed E-state index contributed by atoms with van der Waals surface area (Å²) >= 11 is 0. The molecule has 0 aliphatic carbocycles. The Morgan fingerprint density at radius 3 is 2.35 bits per heavy atom. The SMILES string of the molecule is CCCCC(O)c1ccccc1C(=O)O.Nc1cccc2ccccc12. The number of hydrogen-bond donors (Lipinski definition) is 3. The van der Waals surface area contributed by atoms with Crippen LogP contribution in [0.1, 0.15) is 48.2 Å². The number of benzene rings is 3. The molecule has 0 saturated heterocycles. The summed E-state index contributed by atoms with van der Waals surface area (Å²) < 4.78 is 0. The van der Waals surface area contributed by atoms with E-state index < -0.39 is 12.1 Å². The predicted molar refractivity (Wildman–Crippen MR) is 106 cm³/mol. The number of nitrogen functional groups attached to an aromatic ring is 1. The van der Waals surface area contributed by atoms with Crippen molar-refractivity contribution < 1.29 is 15.0 Å². The van der Waals surface area contributed by atoms with Crippen LogP contribution in [0, 0.1) is 0 Å². The van der Waals surface area contributed by atoms with Gasteiger partial charge in [0.1, 0.15) is 0 Å². The van der Waals surface area contributed by atoms with Gasteiger partial charge in [-0.1, -0.05) is 74.4 Å². The monoisotopic (exact) mass is 351 g/mol. The largest absolute Gasteiger partial charge is 0.478 e. The van der Waals surface area contributed by atoms with Crippen LogP contribution in [-0.4, -0.2) is 16.2 Å². The van der Waals surface area contributed by atoms with E-state index in [2.05, 4.69) is 12.1 Å². The first-order valence-electron chi connectivity index (χ1n) is 8.78. The van der Waals surface area contributed by atoms with Gasteiger partial charge in [-0.2, -0.15) is 0 Å². The Morgan fingerprint density at radius 1 is 1.00 bits per heavy atom. The Hall–Kier alpha value is -2.85. The average Bonchev–Trinajstić information content (AvgIpc) is 2.67. The summed E-state index contributed by atoms with van der Waals surface area (Å²) in [4.78, 5) is 10.9. The van der Waals surface area contributed by atoms with Crippen LogP contribution in [0.2, 0.25) is 0 Å². The Kier molecular flexibility index (Phi) is 7.18. The van der Waals surface area contributed by atoms with Gasteiger partial charge in [0.2, 0.25) is 0 Å². The van der Waals surface area contributed by atoms with Crippen molar-refractivity contribution in [2.24, 2.45) is 0 Å². The van der Waals surface area contributed by atoms with Gasteiger partial charge in [-0.05, 0) is 29.5 Å². The summed E-state index contributed by atoms with van der Waals surface area (Å²) in [5.74, 6) is -0.985. The highest BCUT2D eigenvalue weighted by atomic mass is 16.4. The van der Waals surface area contributed by atoms with Gasteiger partial charge < -0.3 is 15.9 Å². The molecule has 0 amide bonds. The quantitative estimate of drug-likeness (QED) is 0.563. The van der Waals surface area contributed by atoms with Gasteiger partial charge in [-0.15, -0.1) is 0 Å². The fourth-order valence-corrected chi connectivity index (χ4v) is 2.79. The number of aliphatic hydroxyl groups is 1. The third-order valence-electron chi connectivity index (χ3n) is 4.20. The smallest absolute Gasteiger partial charge is 0.336 e. The maximum absolute atomic E-state index is 10.9. The first-order valence-corrected chi connectivity index (χ1v) is 8.78. The second kappa shape index (κ2) is 9.59. The van der Waals surface area contributed by atoms with Crippen LogP contribution in [0.4, 0.5) is 5.69 Å². The van der Waals surface area contributed by atoms with Gasteiger partial charge in [0, 0.05) is 11.1 Å². The van der Waals surface area contributed by atoms with Crippen LogP contribution in [0.5, 0.6) is 0 Å². The van der Waals surface area contributed by atoms with E-state index in [-0.39, 0.29) is 5.56 Å². The molecule has 0 aliphatic heterocycles. The van der Waals surface area contributed by atoms with E-state index in [9.17, 15) is 9.90 Å². The van der Waals surface area contributed by atoms with Gasteiger partial charge in [0.15, 0.2) is 0 Å². The predicted octanol–water partition coefficient (Wildman–Crippen LogP) is 5.03. The van der Waals surface area contributed by atoms with E-state index in [0.717, 1.165) is 23.9 Å². The number of carboxylic acids is 1. The molecule has 0 fully saturated rings. The van der Waals surface area contributed by atoms with Crippen molar-refractivity contribution in [3.05, 3.63) is 77.9 Å². The molecule has 136 valence electrons. The van der Waals surface area contributed by atoms with Crippen LogP contribution in [-0.2, 0) is 0 Å². The molecule has 3 aromatic carbocycles. The lowest BCUT2D eigenvalue weighted by molar-refractivity contribution is 0.0688. The van der Waals surface area contributed by atoms with Crippen molar-refractivity contribution >= 4 is 22.4 Å². The Balaban J connectivity index is 0.000000195. The number of anilines is 1. The number of nitrogens with two attached hydrogens (primary N) is 1. The van der Waals surface area contributed by atoms with Gasteiger partial charge in [-0.25, -0.2) is 4.79 Å². The van der Waals surface area contributed by atoms with Crippen molar-refractivity contribution in [2.75, 3.05) is 5.73 Å². The maximum Gasteiger partial charge on any atom is 0.336 e. The summed E-state index contributed by atoms with van der Waals surface area (Å²) in [6.45, 7) is 2.04. The van der Waals surface area contributed by atoms with Crippen molar-refractivity contribution in [2.45, 2.75) is 32.3 Å². The minimum absolute atomic E-state index is 0.195. The second-order valence-electron chi connectivity index (χ2n) is 6.12. The molecule has 0 aliphatic rings. The molecular formula is C22H25NO3. The zero-order chi connectivity index (χ0) is 18.9. The lowest BCUT2D eigenvalue weighted by Gasteiger charge is -2.12. The number of carboxylic acid groups (broad SMARTS) is 1. The van der Waals surface area contributed by atoms with Crippen LogP contribution >= 0.6 is 0 Å². The van der Waals surface area contributed by atoms with Crippen LogP contribution in [0.15, 0.2) is 66.7 Å². The zero-order valence-corrected chi connectivity index (χ0v) is 14.9. The van der Waals surface area contributed by atoms with Gasteiger partial charge in [0.25, 0.3) is 0 Å². The molecule has 1 unspecified atom stereocenters. The van der Waals surface area contributed by atoms with Crippen LogP contribution in [0.3, 0.4) is 0 Å². The lowest BCUT2D eigenvalue weighted by atomic mass is 9.99. The molecule has 3 rings (SSSR count). The molecule has 26 heavy (non-hydrogen) atoms. The molecule has 4 nitrogen and oxygen atoms in total. The number of fused-ring (bicyclic) bond motifs is 1. The molecule has 0 radical (unpaired) electrons. The molecule has 0 heterocycles. The first-order chi connectivity index (χ1) is 12.5. The van der Waals surface area contributed by atoms with Crippen molar-refractivity contribution in [3.8, 4) is 0 Å². The van der Waals surface area contributed by atoms with Crippen LogP contribution < -0.4 is 5.73 Å². The number of unbranched alkanes of at least 4 members (excludes halogenated alkanes) is 1. The van der Waals surface area contributed by atoms with E-state index in [1.807, 2.05) is 37.3 Å².